The van der Waals surface area contributed by atoms with Crippen LogP contribution in [0.1, 0.15) is 16.1 Å². The molecule has 0 aliphatic rings. The molecule has 5 nitrogen and oxygen atoms in total. The summed E-state index contributed by atoms with van der Waals surface area (Å²) in [5, 5.41) is 10.8. The van der Waals surface area contributed by atoms with Crippen LogP contribution < -0.4 is 5.32 Å². The normalized spacial score (nSPS) is 9.78. The highest BCUT2D eigenvalue weighted by atomic mass is 16.3. The van der Waals surface area contributed by atoms with Gasteiger partial charge in [0, 0.05) is 5.56 Å². The van der Waals surface area contributed by atoms with Gasteiger partial charge in [-0.15, -0.1) is 0 Å². The summed E-state index contributed by atoms with van der Waals surface area (Å²) in [5.41, 5.74) is 2.07. The first-order valence-electron chi connectivity index (χ1n) is 5.38. The average molecular weight is 241 g/mol. The van der Waals surface area contributed by atoms with Crippen LogP contribution in [0.2, 0.25) is 0 Å². The first-order valence-corrected chi connectivity index (χ1v) is 5.38. The van der Waals surface area contributed by atoms with Crippen molar-refractivity contribution in [3.8, 4) is 17.5 Å². The molecule has 0 saturated heterocycles. The third-order valence-electron chi connectivity index (χ3n) is 2.33. The Kier molecular flexibility index (Phi) is 3.39. The molecule has 0 aliphatic carbocycles. The number of carbonyl (C=O) groups excluding carboxylic acids is 1. The van der Waals surface area contributed by atoms with Gasteiger partial charge in [0.05, 0.1) is 6.07 Å². The SMILES string of the molecule is Cc1cccc(-c2nc(C(=O)NCC#N)co2)c1. The highest BCUT2D eigenvalue weighted by Crippen LogP contribution is 2.19. The lowest BCUT2D eigenvalue weighted by atomic mass is 10.1. The summed E-state index contributed by atoms with van der Waals surface area (Å²) in [4.78, 5) is 15.6. The summed E-state index contributed by atoms with van der Waals surface area (Å²) in [5.74, 6) is -0.0278. The molecule has 1 N–H and O–H groups in total. The lowest BCUT2D eigenvalue weighted by Gasteiger charge is -1.96. The average Bonchev–Trinajstić information content (AvgIpc) is 2.85. The van der Waals surface area contributed by atoms with Crippen molar-refractivity contribution < 1.29 is 9.21 Å². The molecule has 0 fully saturated rings. The van der Waals surface area contributed by atoms with Crippen LogP contribution in [0.15, 0.2) is 34.9 Å². The van der Waals surface area contributed by atoms with Crippen molar-refractivity contribution in [3.05, 3.63) is 41.8 Å². The van der Waals surface area contributed by atoms with Gasteiger partial charge in [-0.05, 0) is 19.1 Å². The fourth-order valence-electron chi connectivity index (χ4n) is 1.50. The zero-order chi connectivity index (χ0) is 13.0. The van der Waals surface area contributed by atoms with Crippen molar-refractivity contribution >= 4 is 5.91 Å². The minimum absolute atomic E-state index is 0.0501. The first kappa shape index (κ1) is 11.9. The molecule has 5 heteroatoms. The number of benzene rings is 1. The summed E-state index contributed by atoms with van der Waals surface area (Å²) in [6.07, 6.45) is 1.28. The van der Waals surface area contributed by atoms with Crippen molar-refractivity contribution in [2.45, 2.75) is 6.92 Å². The minimum Gasteiger partial charge on any atom is -0.444 e. The molecular weight excluding hydrogens is 230 g/mol. The number of nitrogens with one attached hydrogen (secondary N) is 1. The van der Waals surface area contributed by atoms with Gasteiger partial charge in [-0.1, -0.05) is 17.7 Å². The van der Waals surface area contributed by atoms with Crippen LogP contribution in [-0.2, 0) is 0 Å². The Morgan fingerprint density at radius 3 is 3.11 bits per heavy atom. The molecule has 0 radical (unpaired) electrons. The Hall–Kier alpha value is -2.61. The molecule has 2 aromatic rings. The lowest BCUT2D eigenvalue weighted by molar-refractivity contribution is 0.0953. The van der Waals surface area contributed by atoms with E-state index in [1.54, 1.807) is 0 Å². The van der Waals surface area contributed by atoms with Gasteiger partial charge in [0.1, 0.15) is 12.8 Å². The highest BCUT2D eigenvalue weighted by molar-refractivity contribution is 5.92. The number of hydrogen-bond donors (Lipinski definition) is 1. The van der Waals surface area contributed by atoms with Crippen molar-refractivity contribution in [1.82, 2.24) is 10.3 Å². The number of rotatable bonds is 3. The fourth-order valence-corrected chi connectivity index (χ4v) is 1.50. The molecule has 90 valence electrons. The number of oxazole rings is 1. The molecule has 0 atom stereocenters. The van der Waals surface area contributed by atoms with Crippen LogP contribution in [-0.4, -0.2) is 17.4 Å². The molecule has 2 rings (SSSR count). The minimum atomic E-state index is -0.417. The van der Waals surface area contributed by atoms with E-state index in [0.29, 0.717) is 5.89 Å². The predicted molar refractivity (Wildman–Crippen MR) is 64.6 cm³/mol. The number of hydrogen-bond acceptors (Lipinski definition) is 4. The van der Waals surface area contributed by atoms with E-state index in [-0.39, 0.29) is 12.2 Å². The van der Waals surface area contributed by atoms with Crippen molar-refractivity contribution in [2.75, 3.05) is 6.54 Å². The smallest absolute Gasteiger partial charge is 0.274 e. The van der Waals surface area contributed by atoms with E-state index in [0.717, 1.165) is 11.1 Å². The number of aryl methyl sites for hydroxylation is 1. The number of amides is 1. The molecule has 0 aliphatic heterocycles. The molecule has 0 unspecified atom stereocenters. The Bertz CT molecular complexity index is 611. The predicted octanol–water partition coefficient (Wildman–Crippen LogP) is 1.90. The van der Waals surface area contributed by atoms with Gasteiger partial charge in [-0.2, -0.15) is 5.26 Å². The van der Waals surface area contributed by atoms with Gasteiger partial charge in [-0.25, -0.2) is 4.98 Å². The summed E-state index contributed by atoms with van der Waals surface area (Å²) in [6, 6.07) is 9.46. The lowest BCUT2D eigenvalue weighted by Crippen LogP contribution is -2.23. The maximum absolute atomic E-state index is 11.5. The van der Waals surface area contributed by atoms with E-state index in [9.17, 15) is 4.79 Å². The topological polar surface area (TPSA) is 78.9 Å². The van der Waals surface area contributed by atoms with Gasteiger partial charge in [0.2, 0.25) is 5.89 Å². The Labute approximate surface area is 104 Å². The molecule has 0 saturated carbocycles. The van der Waals surface area contributed by atoms with Crippen LogP contribution in [0.4, 0.5) is 0 Å². The number of carbonyl (C=O) groups is 1. The van der Waals surface area contributed by atoms with E-state index in [4.69, 9.17) is 9.68 Å². The van der Waals surface area contributed by atoms with Crippen molar-refractivity contribution in [2.24, 2.45) is 0 Å². The summed E-state index contributed by atoms with van der Waals surface area (Å²) in [7, 11) is 0. The molecule has 0 bridgehead atoms. The van der Waals surface area contributed by atoms with E-state index in [2.05, 4.69) is 10.3 Å². The quantitative estimate of drug-likeness (QED) is 0.832. The molecule has 1 heterocycles. The molecule has 18 heavy (non-hydrogen) atoms. The van der Waals surface area contributed by atoms with Gasteiger partial charge in [0.25, 0.3) is 5.91 Å². The van der Waals surface area contributed by atoms with Crippen LogP contribution in [0.5, 0.6) is 0 Å². The van der Waals surface area contributed by atoms with Crippen molar-refractivity contribution in [1.29, 1.82) is 5.26 Å². The second-order valence-corrected chi connectivity index (χ2v) is 3.75. The van der Waals surface area contributed by atoms with Crippen molar-refractivity contribution in [3.63, 3.8) is 0 Å². The first-order chi connectivity index (χ1) is 8.70. The van der Waals surface area contributed by atoms with Gasteiger partial charge in [0.15, 0.2) is 5.69 Å². The number of aromatic nitrogens is 1. The second kappa shape index (κ2) is 5.15. The molecule has 1 aromatic heterocycles. The van der Waals surface area contributed by atoms with Gasteiger partial charge in [-0.3, -0.25) is 4.79 Å². The van der Waals surface area contributed by atoms with Crippen LogP contribution >= 0.6 is 0 Å². The monoisotopic (exact) mass is 241 g/mol. The van der Waals surface area contributed by atoms with E-state index in [1.807, 2.05) is 37.3 Å². The molecule has 1 aromatic carbocycles. The molecular formula is C13H11N3O2. The van der Waals surface area contributed by atoms with Crippen LogP contribution in [0.3, 0.4) is 0 Å². The Balaban J connectivity index is 2.21. The third-order valence-corrected chi connectivity index (χ3v) is 2.33. The summed E-state index contributed by atoms with van der Waals surface area (Å²) < 4.78 is 5.25. The fraction of sp³-hybridized carbons (Fsp3) is 0.154. The van der Waals surface area contributed by atoms with Gasteiger partial charge < -0.3 is 9.73 Å². The van der Waals surface area contributed by atoms with Crippen LogP contribution in [0, 0.1) is 18.3 Å². The van der Waals surface area contributed by atoms with Crippen LogP contribution in [0.25, 0.3) is 11.5 Å². The summed E-state index contributed by atoms with van der Waals surface area (Å²) >= 11 is 0. The molecule has 1 amide bonds. The summed E-state index contributed by atoms with van der Waals surface area (Å²) in [6.45, 7) is 1.92. The number of nitrogens with zero attached hydrogens (tertiary/aromatic N) is 2. The zero-order valence-corrected chi connectivity index (χ0v) is 9.80. The Morgan fingerprint density at radius 2 is 2.39 bits per heavy atom. The zero-order valence-electron chi connectivity index (χ0n) is 9.80. The number of nitriles is 1. The second-order valence-electron chi connectivity index (χ2n) is 3.75. The third kappa shape index (κ3) is 2.55. The van der Waals surface area contributed by atoms with E-state index < -0.39 is 5.91 Å². The van der Waals surface area contributed by atoms with Gasteiger partial charge >= 0.3 is 0 Å². The molecule has 0 spiro atoms. The maximum Gasteiger partial charge on any atom is 0.274 e. The largest absolute Gasteiger partial charge is 0.444 e. The van der Waals surface area contributed by atoms with E-state index in [1.165, 1.54) is 6.26 Å². The van der Waals surface area contributed by atoms with E-state index >= 15 is 0 Å². The Morgan fingerprint density at radius 1 is 1.56 bits per heavy atom. The maximum atomic E-state index is 11.5. The standard InChI is InChI=1S/C13H11N3O2/c1-9-3-2-4-10(7-9)13-16-11(8-18-13)12(17)15-6-5-14/h2-4,7-8H,6H2,1H3,(H,15,17). The highest BCUT2D eigenvalue weighted by Gasteiger charge is 2.12.